The largest absolute Gasteiger partial charge is 0.481 e. The Hall–Kier alpha value is -1.03. The van der Waals surface area contributed by atoms with Crippen molar-refractivity contribution in [2.75, 3.05) is 7.11 Å². The molecule has 1 heterocycles. The molecule has 1 atom stereocenters. The molecule has 0 amide bonds. The van der Waals surface area contributed by atoms with Crippen LogP contribution in [0.3, 0.4) is 0 Å². The minimum absolute atomic E-state index is 0.278. The molecule has 0 saturated carbocycles. The van der Waals surface area contributed by atoms with Gasteiger partial charge in [-0.1, -0.05) is 0 Å². The summed E-state index contributed by atoms with van der Waals surface area (Å²) in [7, 11) is 3.50. The first-order valence-electron chi connectivity index (χ1n) is 4.80. The van der Waals surface area contributed by atoms with E-state index in [-0.39, 0.29) is 6.10 Å². The van der Waals surface area contributed by atoms with Gasteiger partial charge in [-0.05, 0) is 26.7 Å². The van der Waals surface area contributed by atoms with Crippen LogP contribution in [0.25, 0.3) is 0 Å². The quantitative estimate of drug-likeness (QED) is 0.786. The lowest BCUT2D eigenvalue weighted by Crippen LogP contribution is -2.03. The van der Waals surface area contributed by atoms with Gasteiger partial charge in [0, 0.05) is 12.6 Å². The summed E-state index contributed by atoms with van der Waals surface area (Å²) in [6.45, 7) is 3.75. The molecule has 0 radical (unpaired) electrons. The standard InChI is InChI=1S/C10H18N2O2/c1-7(13)5-6-9-8(2)11-12(3)10(9)14-4/h7,13H,5-6H2,1-4H3. The van der Waals surface area contributed by atoms with Gasteiger partial charge >= 0.3 is 0 Å². The average Bonchev–Trinajstić information content (AvgIpc) is 2.36. The highest BCUT2D eigenvalue weighted by Gasteiger charge is 2.13. The van der Waals surface area contributed by atoms with E-state index in [2.05, 4.69) is 5.10 Å². The number of methoxy groups -OCH3 is 1. The zero-order chi connectivity index (χ0) is 10.7. The number of hydrogen-bond donors (Lipinski definition) is 1. The van der Waals surface area contributed by atoms with Crippen molar-refractivity contribution in [1.82, 2.24) is 9.78 Å². The van der Waals surface area contributed by atoms with E-state index >= 15 is 0 Å². The first-order valence-corrected chi connectivity index (χ1v) is 4.80. The minimum atomic E-state index is -0.278. The Kier molecular flexibility index (Phi) is 3.52. The Morgan fingerprint density at radius 1 is 1.57 bits per heavy atom. The smallest absolute Gasteiger partial charge is 0.214 e. The van der Waals surface area contributed by atoms with Crippen LogP contribution in [0.15, 0.2) is 0 Å². The summed E-state index contributed by atoms with van der Waals surface area (Å²) in [5.41, 5.74) is 2.07. The van der Waals surface area contributed by atoms with E-state index in [1.807, 2.05) is 14.0 Å². The summed E-state index contributed by atoms with van der Waals surface area (Å²) in [4.78, 5) is 0. The molecule has 1 aromatic rings. The Morgan fingerprint density at radius 2 is 2.21 bits per heavy atom. The van der Waals surface area contributed by atoms with Crippen molar-refractivity contribution in [1.29, 1.82) is 0 Å². The van der Waals surface area contributed by atoms with Crippen molar-refractivity contribution in [3.05, 3.63) is 11.3 Å². The monoisotopic (exact) mass is 198 g/mol. The predicted octanol–water partition coefficient (Wildman–Crippen LogP) is 1.05. The van der Waals surface area contributed by atoms with Crippen LogP contribution in [0.5, 0.6) is 5.88 Å². The summed E-state index contributed by atoms with van der Waals surface area (Å²) in [5, 5.41) is 13.5. The lowest BCUT2D eigenvalue weighted by Gasteiger charge is -2.06. The van der Waals surface area contributed by atoms with Crippen LogP contribution in [0.4, 0.5) is 0 Å². The van der Waals surface area contributed by atoms with Crippen LogP contribution >= 0.6 is 0 Å². The number of aliphatic hydroxyl groups excluding tert-OH is 1. The minimum Gasteiger partial charge on any atom is -0.481 e. The number of ether oxygens (including phenoxy) is 1. The number of hydrogen-bond acceptors (Lipinski definition) is 3. The van der Waals surface area contributed by atoms with Crippen LogP contribution in [0, 0.1) is 6.92 Å². The molecule has 0 aliphatic carbocycles. The Balaban J connectivity index is 2.83. The van der Waals surface area contributed by atoms with E-state index in [1.165, 1.54) is 0 Å². The molecule has 1 unspecified atom stereocenters. The van der Waals surface area contributed by atoms with Gasteiger partial charge in [-0.15, -0.1) is 0 Å². The molecule has 0 bridgehead atoms. The third-order valence-electron chi connectivity index (χ3n) is 2.29. The topological polar surface area (TPSA) is 47.3 Å². The third-order valence-corrected chi connectivity index (χ3v) is 2.29. The van der Waals surface area contributed by atoms with Crippen molar-refractivity contribution >= 4 is 0 Å². The zero-order valence-electron chi connectivity index (χ0n) is 9.24. The van der Waals surface area contributed by atoms with Crippen LogP contribution in [-0.2, 0) is 13.5 Å². The molecular weight excluding hydrogens is 180 g/mol. The first-order chi connectivity index (χ1) is 6.56. The van der Waals surface area contributed by atoms with Gasteiger partial charge in [0.25, 0.3) is 0 Å². The van der Waals surface area contributed by atoms with Crippen LogP contribution in [0.2, 0.25) is 0 Å². The van der Waals surface area contributed by atoms with Crippen molar-refractivity contribution in [3.63, 3.8) is 0 Å². The first kappa shape index (κ1) is 11.0. The normalized spacial score (nSPS) is 12.9. The molecule has 1 N–H and O–H groups in total. The maximum Gasteiger partial charge on any atom is 0.214 e. The van der Waals surface area contributed by atoms with Crippen molar-refractivity contribution in [2.45, 2.75) is 32.8 Å². The lowest BCUT2D eigenvalue weighted by molar-refractivity contribution is 0.184. The van der Waals surface area contributed by atoms with Gasteiger partial charge in [-0.25, -0.2) is 4.68 Å². The van der Waals surface area contributed by atoms with Crippen molar-refractivity contribution < 1.29 is 9.84 Å². The second kappa shape index (κ2) is 4.46. The van der Waals surface area contributed by atoms with E-state index in [0.29, 0.717) is 0 Å². The predicted molar refractivity (Wildman–Crippen MR) is 54.5 cm³/mol. The van der Waals surface area contributed by atoms with Gasteiger partial charge in [0.2, 0.25) is 5.88 Å². The van der Waals surface area contributed by atoms with E-state index in [1.54, 1.807) is 18.7 Å². The number of aliphatic hydroxyl groups is 1. The molecule has 0 aliphatic rings. The molecule has 0 aliphatic heterocycles. The number of rotatable bonds is 4. The van der Waals surface area contributed by atoms with Gasteiger partial charge in [-0.2, -0.15) is 5.10 Å². The summed E-state index contributed by atoms with van der Waals surface area (Å²) in [5.74, 6) is 0.795. The van der Waals surface area contributed by atoms with Crippen molar-refractivity contribution in [3.8, 4) is 5.88 Å². The summed E-state index contributed by atoms with van der Waals surface area (Å²) >= 11 is 0. The third kappa shape index (κ3) is 2.26. The van der Waals surface area contributed by atoms with Crippen LogP contribution in [-0.4, -0.2) is 28.1 Å². The fourth-order valence-electron chi connectivity index (χ4n) is 1.58. The Labute approximate surface area is 84.5 Å². The Bertz CT molecular complexity index is 305. The van der Waals surface area contributed by atoms with E-state index in [4.69, 9.17) is 4.74 Å². The van der Waals surface area contributed by atoms with E-state index in [9.17, 15) is 5.11 Å². The highest BCUT2D eigenvalue weighted by molar-refractivity contribution is 5.30. The molecule has 14 heavy (non-hydrogen) atoms. The number of aromatic nitrogens is 2. The highest BCUT2D eigenvalue weighted by Crippen LogP contribution is 2.22. The lowest BCUT2D eigenvalue weighted by atomic mass is 10.1. The molecule has 0 spiro atoms. The second-order valence-electron chi connectivity index (χ2n) is 3.58. The van der Waals surface area contributed by atoms with Crippen molar-refractivity contribution in [2.24, 2.45) is 7.05 Å². The van der Waals surface area contributed by atoms with Gasteiger partial charge in [0.1, 0.15) is 0 Å². The second-order valence-corrected chi connectivity index (χ2v) is 3.58. The summed E-state index contributed by atoms with van der Waals surface area (Å²) in [6.07, 6.45) is 1.27. The molecule has 0 aromatic carbocycles. The average molecular weight is 198 g/mol. The van der Waals surface area contributed by atoms with Crippen LogP contribution < -0.4 is 4.74 Å². The molecule has 4 nitrogen and oxygen atoms in total. The van der Waals surface area contributed by atoms with Gasteiger partial charge in [-0.3, -0.25) is 0 Å². The molecule has 80 valence electrons. The molecular formula is C10H18N2O2. The maximum absolute atomic E-state index is 9.21. The number of aryl methyl sites for hydroxylation is 2. The molecule has 0 saturated heterocycles. The Morgan fingerprint density at radius 3 is 2.71 bits per heavy atom. The maximum atomic E-state index is 9.21. The molecule has 1 aromatic heterocycles. The fraction of sp³-hybridized carbons (Fsp3) is 0.700. The van der Waals surface area contributed by atoms with Gasteiger partial charge in [0.15, 0.2) is 0 Å². The number of nitrogens with zero attached hydrogens (tertiary/aromatic N) is 2. The van der Waals surface area contributed by atoms with E-state index < -0.39 is 0 Å². The van der Waals surface area contributed by atoms with Gasteiger partial charge < -0.3 is 9.84 Å². The SMILES string of the molecule is COc1c(CCC(C)O)c(C)nn1C. The molecule has 0 fully saturated rings. The summed E-state index contributed by atoms with van der Waals surface area (Å²) in [6, 6.07) is 0. The van der Waals surface area contributed by atoms with Crippen LogP contribution in [0.1, 0.15) is 24.6 Å². The zero-order valence-corrected chi connectivity index (χ0v) is 9.24. The fourth-order valence-corrected chi connectivity index (χ4v) is 1.58. The summed E-state index contributed by atoms with van der Waals surface area (Å²) < 4.78 is 6.98. The molecule has 1 rings (SSSR count). The van der Waals surface area contributed by atoms with Gasteiger partial charge in [0.05, 0.1) is 18.9 Å². The molecule has 4 heteroatoms. The highest BCUT2D eigenvalue weighted by atomic mass is 16.5. The van der Waals surface area contributed by atoms with E-state index in [0.717, 1.165) is 30.0 Å².